The molecule has 2 aromatic heterocycles. The van der Waals surface area contributed by atoms with Crippen molar-refractivity contribution in [1.29, 1.82) is 0 Å². The van der Waals surface area contributed by atoms with E-state index >= 15 is 0 Å². The van der Waals surface area contributed by atoms with Crippen molar-refractivity contribution in [3.63, 3.8) is 0 Å². The number of hydrogen-bond donors (Lipinski definition) is 0. The van der Waals surface area contributed by atoms with Crippen LogP contribution in [0.15, 0.2) is 116 Å². The normalized spacial score (nSPS) is 11.6. The maximum atomic E-state index is 6.48. The Hall–Kier alpha value is -4.50. The number of hydrogen-bond acceptors (Lipinski definition) is 3. The van der Waals surface area contributed by atoms with Gasteiger partial charge in [-0.1, -0.05) is 81.4 Å². The summed E-state index contributed by atoms with van der Waals surface area (Å²) in [5, 5.41) is 4.60. The highest BCUT2D eigenvalue weighted by molar-refractivity contribution is 5.94. The average molecular weight is 481 g/mol. The highest BCUT2D eigenvalue weighted by Crippen LogP contribution is 2.36. The van der Waals surface area contributed by atoms with Gasteiger partial charge in [-0.05, 0) is 64.2 Å². The third-order valence-electron chi connectivity index (χ3n) is 6.72. The van der Waals surface area contributed by atoms with Gasteiger partial charge in [-0.2, -0.15) is 0 Å². The maximum Gasteiger partial charge on any atom is 0.128 e. The first-order valence-corrected chi connectivity index (χ1v) is 12.6. The van der Waals surface area contributed by atoms with Crippen LogP contribution in [0.2, 0.25) is 0 Å². The van der Waals surface area contributed by atoms with Gasteiger partial charge in [-0.15, -0.1) is 0 Å². The Balaban J connectivity index is 1.40. The van der Waals surface area contributed by atoms with Gasteiger partial charge in [0.05, 0.1) is 11.4 Å². The van der Waals surface area contributed by atoms with Gasteiger partial charge in [0.15, 0.2) is 0 Å². The van der Waals surface area contributed by atoms with Crippen molar-refractivity contribution in [3.05, 3.63) is 121 Å². The van der Waals surface area contributed by atoms with Crippen molar-refractivity contribution in [2.75, 3.05) is 0 Å². The third-order valence-corrected chi connectivity index (χ3v) is 6.72. The molecule has 6 rings (SSSR count). The van der Waals surface area contributed by atoms with Gasteiger partial charge in [0.1, 0.15) is 11.5 Å². The topological polar surface area (TPSA) is 35.0 Å². The zero-order chi connectivity index (χ0) is 25.4. The summed E-state index contributed by atoms with van der Waals surface area (Å²) < 4.78 is 6.48. The summed E-state index contributed by atoms with van der Waals surface area (Å²) in [5.74, 6) is 1.57. The molecule has 0 aliphatic heterocycles. The van der Waals surface area contributed by atoms with Crippen LogP contribution in [-0.4, -0.2) is 9.97 Å². The van der Waals surface area contributed by atoms with Crippen LogP contribution in [0.4, 0.5) is 0 Å². The summed E-state index contributed by atoms with van der Waals surface area (Å²) in [6, 6.07) is 35.4. The Kier molecular flexibility index (Phi) is 5.69. The molecule has 4 aromatic carbocycles. The maximum absolute atomic E-state index is 6.48. The lowest BCUT2D eigenvalue weighted by Crippen LogP contribution is -2.11. The number of pyridine rings is 2. The molecule has 0 saturated carbocycles. The molecule has 2 heterocycles. The summed E-state index contributed by atoms with van der Waals surface area (Å²) in [4.78, 5) is 9.45. The van der Waals surface area contributed by atoms with E-state index in [1.165, 1.54) is 16.3 Å². The summed E-state index contributed by atoms with van der Waals surface area (Å²) in [6.45, 7) is 6.66. The molecule has 6 aromatic rings. The van der Waals surface area contributed by atoms with Crippen LogP contribution >= 0.6 is 0 Å². The van der Waals surface area contributed by atoms with Crippen molar-refractivity contribution >= 4 is 21.5 Å². The lowest BCUT2D eigenvalue weighted by molar-refractivity contribution is 0.479. The fraction of sp³-hybridized carbons (Fsp3) is 0.118. The molecule has 180 valence electrons. The molecule has 0 radical (unpaired) electrons. The molecule has 0 fully saturated rings. The molecule has 0 bridgehead atoms. The van der Waals surface area contributed by atoms with Gasteiger partial charge in [-0.3, -0.25) is 9.97 Å². The van der Waals surface area contributed by atoms with E-state index < -0.39 is 0 Å². The number of benzene rings is 4. The molecule has 0 aliphatic carbocycles. The summed E-state index contributed by atoms with van der Waals surface area (Å²) in [5.41, 5.74) is 5.11. The number of fused-ring (bicyclic) bond motifs is 2. The second-order valence-electron chi connectivity index (χ2n) is 10.4. The van der Waals surface area contributed by atoms with Gasteiger partial charge in [0.2, 0.25) is 0 Å². The summed E-state index contributed by atoms with van der Waals surface area (Å²) >= 11 is 0. The van der Waals surface area contributed by atoms with Gasteiger partial charge < -0.3 is 4.74 Å². The van der Waals surface area contributed by atoms with E-state index in [2.05, 4.69) is 98.6 Å². The molecule has 37 heavy (non-hydrogen) atoms. The third kappa shape index (κ3) is 4.68. The monoisotopic (exact) mass is 480 g/mol. The Morgan fingerprint density at radius 2 is 1.35 bits per heavy atom. The highest BCUT2D eigenvalue weighted by Gasteiger charge is 2.17. The van der Waals surface area contributed by atoms with Crippen LogP contribution < -0.4 is 4.74 Å². The van der Waals surface area contributed by atoms with Crippen molar-refractivity contribution in [2.24, 2.45) is 0 Å². The molecule has 3 heteroatoms. The second-order valence-corrected chi connectivity index (χ2v) is 10.4. The number of aromatic nitrogens is 2. The highest BCUT2D eigenvalue weighted by atomic mass is 16.5. The Morgan fingerprint density at radius 1 is 0.595 bits per heavy atom. The molecule has 0 saturated heterocycles. The zero-order valence-corrected chi connectivity index (χ0v) is 21.3. The molecule has 0 amide bonds. The minimum Gasteiger partial charge on any atom is -0.457 e. The predicted octanol–water partition coefficient (Wildman–Crippen LogP) is 9.21. The Morgan fingerprint density at radius 3 is 2.19 bits per heavy atom. The second kappa shape index (κ2) is 9.18. The molecule has 3 nitrogen and oxygen atoms in total. The fourth-order valence-electron chi connectivity index (χ4n) is 4.67. The SMILES string of the molecule is CC(C)(C)c1cc(Oc2cccc(-c3nccc4ccccc34)c2)cc(-c2cc3ccccc3cn2)c1. The Bertz CT molecular complexity index is 1740. The summed E-state index contributed by atoms with van der Waals surface area (Å²) in [7, 11) is 0. The zero-order valence-electron chi connectivity index (χ0n) is 21.3. The summed E-state index contributed by atoms with van der Waals surface area (Å²) in [6.07, 6.45) is 3.80. The Labute approximate surface area is 217 Å². The first kappa shape index (κ1) is 22.9. The van der Waals surface area contributed by atoms with Crippen LogP contribution in [0.5, 0.6) is 11.5 Å². The lowest BCUT2D eigenvalue weighted by atomic mass is 9.85. The van der Waals surface area contributed by atoms with Crippen LogP contribution in [0.25, 0.3) is 44.1 Å². The minimum atomic E-state index is -0.0420. The van der Waals surface area contributed by atoms with Crippen LogP contribution in [0.3, 0.4) is 0 Å². The number of ether oxygens (including phenoxy) is 1. The predicted molar refractivity (Wildman–Crippen MR) is 153 cm³/mol. The first-order chi connectivity index (χ1) is 17.9. The van der Waals surface area contributed by atoms with Crippen molar-refractivity contribution in [2.45, 2.75) is 26.2 Å². The molecule has 0 aliphatic rings. The lowest BCUT2D eigenvalue weighted by Gasteiger charge is -2.21. The largest absolute Gasteiger partial charge is 0.457 e. The fourth-order valence-corrected chi connectivity index (χ4v) is 4.67. The molecular formula is C34H28N2O. The minimum absolute atomic E-state index is 0.0420. The van der Waals surface area contributed by atoms with Gasteiger partial charge in [-0.25, -0.2) is 0 Å². The van der Waals surface area contributed by atoms with E-state index in [0.717, 1.165) is 44.8 Å². The van der Waals surface area contributed by atoms with Crippen LogP contribution in [0.1, 0.15) is 26.3 Å². The van der Waals surface area contributed by atoms with E-state index in [0.29, 0.717) is 0 Å². The average Bonchev–Trinajstić information content (AvgIpc) is 2.92. The van der Waals surface area contributed by atoms with Crippen LogP contribution in [-0.2, 0) is 5.41 Å². The molecule has 0 N–H and O–H groups in total. The number of nitrogens with zero attached hydrogens (tertiary/aromatic N) is 2. The molecule has 0 unspecified atom stereocenters. The van der Waals surface area contributed by atoms with Crippen molar-refractivity contribution in [1.82, 2.24) is 9.97 Å². The first-order valence-electron chi connectivity index (χ1n) is 12.6. The molecule has 0 atom stereocenters. The van der Waals surface area contributed by atoms with E-state index in [9.17, 15) is 0 Å². The van der Waals surface area contributed by atoms with Gasteiger partial charge in [0, 0.05) is 34.3 Å². The molecule has 0 spiro atoms. The van der Waals surface area contributed by atoms with E-state index in [4.69, 9.17) is 9.72 Å². The van der Waals surface area contributed by atoms with Crippen LogP contribution in [0, 0.1) is 0 Å². The van der Waals surface area contributed by atoms with Crippen molar-refractivity contribution < 1.29 is 4.74 Å². The standard InChI is InChI=1S/C34H28N2O/c1-34(2,3)28-17-27(32-20-24-10-4-5-11-26(24)22-36-32)19-30(21-28)37-29-13-8-12-25(18-29)33-31-14-7-6-9-23(31)15-16-35-33/h4-22H,1-3H3. The van der Waals surface area contributed by atoms with Gasteiger partial charge in [0.25, 0.3) is 0 Å². The van der Waals surface area contributed by atoms with Crippen molar-refractivity contribution in [3.8, 4) is 34.0 Å². The number of rotatable bonds is 4. The van der Waals surface area contributed by atoms with E-state index in [-0.39, 0.29) is 5.41 Å². The quantitative estimate of drug-likeness (QED) is 0.252. The van der Waals surface area contributed by atoms with E-state index in [1.807, 2.05) is 42.7 Å². The van der Waals surface area contributed by atoms with E-state index in [1.54, 1.807) is 0 Å². The molecular weight excluding hydrogens is 452 g/mol. The smallest absolute Gasteiger partial charge is 0.128 e. The van der Waals surface area contributed by atoms with Gasteiger partial charge >= 0.3 is 0 Å².